The number of rotatable bonds is 5. The molecule has 2 aromatic rings. The lowest BCUT2D eigenvalue weighted by molar-refractivity contribution is -0.122. The van der Waals surface area contributed by atoms with E-state index in [0.717, 1.165) is 11.1 Å². The summed E-state index contributed by atoms with van der Waals surface area (Å²) >= 11 is 16.9. The average Bonchev–Trinajstić information content (AvgIpc) is 2.54. The van der Waals surface area contributed by atoms with Crippen molar-refractivity contribution in [3.05, 3.63) is 59.7 Å². The Morgan fingerprint density at radius 2 is 1.71 bits per heavy atom. The van der Waals surface area contributed by atoms with Crippen LogP contribution in [0.3, 0.4) is 0 Å². The third-order valence-corrected chi connectivity index (χ3v) is 3.69. The third-order valence-electron chi connectivity index (χ3n) is 3.18. The fraction of sp³-hybridized carbons (Fsp3) is 0.235. The van der Waals surface area contributed by atoms with Crippen LogP contribution in [-0.4, -0.2) is 16.8 Å². The van der Waals surface area contributed by atoms with Gasteiger partial charge in [0.15, 0.2) is 6.23 Å². The van der Waals surface area contributed by atoms with Crippen LogP contribution < -0.4 is 14.8 Å². The summed E-state index contributed by atoms with van der Waals surface area (Å²) in [5.41, 5.74) is 1.74. The molecule has 1 N–H and O–H groups in total. The first kappa shape index (κ1) is 18.7. The fourth-order valence-corrected chi connectivity index (χ4v) is 2.17. The summed E-state index contributed by atoms with van der Waals surface area (Å²) in [5, 5.41) is 2.59. The van der Waals surface area contributed by atoms with Crippen LogP contribution >= 0.6 is 34.8 Å². The van der Waals surface area contributed by atoms with Crippen molar-refractivity contribution in [2.24, 2.45) is 0 Å². The van der Waals surface area contributed by atoms with Crippen molar-refractivity contribution in [2.45, 2.75) is 16.9 Å². The quantitative estimate of drug-likeness (QED) is 0.603. The van der Waals surface area contributed by atoms with Crippen molar-refractivity contribution in [3.63, 3.8) is 0 Å². The zero-order chi connectivity index (χ0) is 17.7. The van der Waals surface area contributed by atoms with Crippen LogP contribution in [-0.2, 0) is 4.79 Å². The standard InChI is InChI=1S/C17H16Cl3NO3/c1-11-4-3-5-12(10-11)15(21-16(22)17(18,19)20)24-14-8-6-13(23-2)7-9-14/h3-10,15H,1-2H3,(H,21,22)/t15-/m0/s1. The highest BCUT2D eigenvalue weighted by Gasteiger charge is 2.33. The van der Waals surface area contributed by atoms with Gasteiger partial charge in [-0.25, -0.2) is 0 Å². The van der Waals surface area contributed by atoms with Crippen LogP contribution in [0.25, 0.3) is 0 Å². The van der Waals surface area contributed by atoms with E-state index in [9.17, 15) is 4.79 Å². The van der Waals surface area contributed by atoms with Gasteiger partial charge in [-0.15, -0.1) is 0 Å². The van der Waals surface area contributed by atoms with E-state index >= 15 is 0 Å². The van der Waals surface area contributed by atoms with E-state index in [0.29, 0.717) is 11.5 Å². The van der Waals surface area contributed by atoms with Crippen molar-refractivity contribution in [3.8, 4) is 11.5 Å². The minimum atomic E-state index is -2.08. The van der Waals surface area contributed by atoms with Gasteiger partial charge in [-0.2, -0.15) is 0 Å². The van der Waals surface area contributed by atoms with Crippen molar-refractivity contribution < 1.29 is 14.3 Å². The summed E-state index contributed by atoms with van der Waals surface area (Å²) < 4.78 is 8.89. The number of methoxy groups -OCH3 is 1. The molecule has 0 aromatic heterocycles. The van der Waals surface area contributed by atoms with Gasteiger partial charge < -0.3 is 14.8 Å². The first-order chi connectivity index (χ1) is 11.3. The second-order valence-electron chi connectivity index (χ2n) is 5.06. The number of halogens is 3. The number of ether oxygens (including phenoxy) is 2. The van der Waals surface area contributed by atoms with Crippen molar-refractivity contribution in [1.29, 1.82) is 0 Å². The molecule has 0 unspecified atom stereocenters. The number of benzene rings is 2. The van der Waals surface area contributed by atoms with Crippen molar-refractivity contribution >= 4 is 40.7 Å². The minimum Gasteiger partial charge on any atom is -0.497 e. The first-order valence-electron chi connectivity index (χ1n) is 7.04. The SMILES string of the molecule is COc1ccc(O[C@H](NC(=O)C(Cl)(Cl)Cl)c2cccc(C)c2)cc1. The van der Waals surface area contributed by atoms with E-state index in [4.69, 9.17) is 44.3 Å². The van der Waals surface area contributed by atoms with E-state index in [1.54, 1.807) is 31.4 Å². The van der Waals surface area contributed by atoms with Crippen molar-refractivity contribution in [2.75, 3.05) is 7.11 Å². The molecule has 7 heteroatoms. The molecule has 4 nitrogen and oxygen atoms in total. The predicted molar refractivity (Wildman–Crippen MR) is 96.0 cm³/mol. The lowest BCUT2D eigenvalue weighted by atomic mass is 10.1. The minimum absolute atomic E-state index is 0.534. The van der Waals surface area contributed by atoms with E-state index < -0.39 is 15.9 Å². The van der Waals surface area contributed by atoms with Crippen molar-refractivity contribution in [1.82, 2.24) is 5.32 Å². The maximum atomic E-state index is 12.0. The predicted octanol–water partition coefficient (Wildman–Crippen LogP) is 4.57. The lowest BCUT2D eigenvalue weighted by Gasteiger charge is -2.23. The number of aryl methyl sites for hydroxylation is 1. The highest BCUT2D eigenvalue weighted by molar-refractivity contribution is 6.76. The van der Waals surface area contributed by atoms with Crippen LogP contribution in [0.2, 0.25) is 0 Å². The largest absolute Gasteiger partial charge is 0.497 e. The Morgan fingerprint density at radius 1 is 1.08 bits per heavy atom. The molecule has 0 radical (unpaired) electrons. The molecule has 0 saturated heterocycles. The molecule has 2 aromatic carbocycles. The van der Waals surface area contributed by atoms with Gasteiger partial charge >= 0.3 is 0 Å². The molecule has 128 valence electrons. The Bertz CT molecular complexity index is 699. The topological polar surface area (TPSA) is 47.6 Å². The van der Waals surface area contributed by atoms with E-state index in [1.165, 1.54) is 0 Å². The maximum absolute atomic E-state index is 12.0. The molecule has 0 aliphatic rings. The van der Waals surface area contributed by atoms with Gasteiger partial charge in [-0.1, -0.05) is 64.6 Å². The Hall–Kier alpha value is -1.62. The number of amides is 1. The summed E-state index contributed by atoms with van der Waals surface area (Å²) in [5.74, 6) is 0.458. The van der Waals surface area contributed by atoms with Crippen LogP contribution in [0.15, 0.2) is 48.5 Å². The molecule has 24 heavy (non-hydrogen) atoms. The van der Waals surface area contributed by atoms with Gasteiger partial charge in [-0.05, 0) is 31.2 Å². The summed E-state index contributed by atoms with van der Waals surface area (Å²) in [6, 6.07) is 14.4. The maximum Gasteiger partial charge on any atom is 0.275 e. The molecule has 0 spiro atoms. The Labute approximate surface area is 155 Å². The third kappa shape index (κ3) is 5.20. The summed E-state index contributed by atoms with van der Waals surface area (Å²) in [6.45, 7) is 1.94. The monoisotopic (exact) mass is 387 g/mol. The van der Waals surface area contributed by atoms with Gasteiger partial charge in [0.2, 0.25) is 0 Å². The van der Waals surface area contributed by atoms with Crippen LogP contribution in [0.1, 0.15) is 17.4 Å². The summed E-state index contributed by atoms with van der Waals surface area (Å²) in [7, 11) is 1.58. The highest BCUT2D eigenvalue weighted by atomic mass is 35.6. The molecular weight excluding hydrogens is 373 g/mol. The van der Waals surface area contributed by atoms with Gasteiger partial charge in [0.05, 0.1) is 7.11 Å². The molecule has 1 amide bonds. The second-order valence-corrected chi connectivity index (χ2v) is 7.34. The molecule has 0 aliphatic carbocycles. The molecule has 0 saturated carbocycles. The Kier molecular flexibility index (Phi) is 6.21. The van der Waals surface area contributed by atoms with Gasteiger partial charge in [0, 0.05) is 5.56 Å². The summed E-state index contributed by atoms with van der Waals surface area (Å²) in [4.78, 5) is 12.0. The molecule has 0 aliphatic heterocycles. The van der Waals surface area contributed by atoms with Crippen LogP contribution in [0, 0.1) is 6.92 Å². The zero-order valence-electron chi connectivity index (χ0n) is 13.1. The first-order valence-corrected chi connectivity index (χ1v) is 8.18. The molecule has 0 fully saturated rings. The number of carbonyl (C=O) groups excluding carboxylic acids is 1. The van der Waals surface area contributed by atoms with Gasteiger partial charge in [0.1, 0.15) is 11.5 Å². The van der Waals surface area contributed by atoms with E-state index in [2.05, 4.69) is 5.32 Å². The molecule has 0 bridgehead atoms. The Morgan fingerprint density at radius 3 is 2.25 bits per heavy atom. The second kappa shape index (κ2) is 7.97. The smallest absolute Gasteiger partial charge is 0.275 e. The number of hydrogen-bond donors (Lipinski definition) is 1. The van der Waals surface area contributed by atoms with Gasteiger partial charge in [-0.3, -0.25) is 4.79 Å². The van der Waals surface area contributed by atoms with E-state index in [-0.39, 0.29) is 0 Å². The molecule has 0 heterocycles. The highest BCUT2D eigenvalue weighted by Crippen LogP contribution is 2.29. The zero-order valence-corrected chi connectivity index (χ0v) is 15.3. The molecule has 2 rings (SSSR count). The fourth-order valence-electron chi connectivity index (χ4n) is 2.01. The summed E-state index contributed by atoms with van der Waals surface area (Å²) in [6.07, 6.45) is -0.804. The molecular formula is C17H16Cl3NO3. The normalized spacial score (nSPS) is 12.4. The van der Waals surface area contributed by atoms with E-state index in [1.807, 2.05) is 31.2 Å². The number of alkyl halides is 3. The number of hydrogen-bond acceptors (Lipinski definition) is 3. The lowest BCUT2D eigenvalue weighted by Crippen LogP contribution is -2.39. The number of nitrogens with one attached hydrogen (secondary N) is 1. The molecule has 1 atom stereocenters. The number of carbonyl (C=O) groups is 1. The van der Waals surface area contributed by atoms with Crippen LogP contribution in [0.4, 0.5) is 0 Å². The Balaban J connectivity index is 2.26. The average molecular weight is 389 g/mol. The van der Waals surface area contributed by atoms with Crippen LogP contribution in [0.5, 0.6) is 11.5 Å². The van der Waals surface area contributed by atoms with Gasteiger partial charge in [0.25, 0.3) is 9.70 Å².